The molecule has 4 aliphatic carbocycles. The second kappa shape index (κ2) is 11.2. The Hall–Kier alpha value is -2.29. The molecular weight excluding hydrogens is 596 g/mol. The van der Waals surface area contributed by atoms with Crippen molar-refractivity contribution in [2.75, 3.05) is 0 Å². The number of halogens is 2. The van der Waals surface area contributed by atoms with Crippen LogP contribution in [0, 0.1) is 17.8 Å². The van der Waals surface area contributed by atoms with Crippen LogP contribution >= 0.6 is 34.0 Å². The first kappa shape index (κ1) is 27.7. The molecule has 4 bridgehead atoms. The van der Waals surface area contributed by atoms with Gasteiger partial charge in [0, 0.05) is 5.39 Å². The van der Waals surface area contributed by atoms with Crippen molar-refractivity contribution >= 4 is 56.7 Å². The fraction of sp³-hybridized carbons (Fsp3) is 0.414. The number of amides is 2. The maximum Gasteiger partial charge on any atom is 0.288 e. The van der Waals surface area contributed by atoms with Gasteiger partial charge < -0.3 is 5.73 Å². The Balaban J connectivity index is 0.00000160. The van der Waals surface area contributed by atoms with Crippen LogP contribution in [0.1, 0.15) is 60.1 Å². The van der Waals surface area contributed by atoms with Gasteiger partial charge in [0.1, 0.15) is 5.69 Å². The number of para-hydroxylation sites is 1. The van der Waals surface area contributed by atoms with E-state index in [1.54, 1.807) is 0 Å². The minimum absolute atomic E-state index is 0. The molecule has 6 nitrogen and oxygen atoms in total. The normalized spacial score (nSPS) is 26.0. The molecule has 4 aliphatic rings. The van der Waals surface area contributed by atoms with Crippen molar-refractivity contribution < 1.29 is 9.59 Å². The van der Waals surface area contributed by atoms with E-state index in [9.17, 15) is 9.59 Å². The fourth-order valence-corrected chi connectivity index (χ4v) is 7.41. The lowest BCUT2D eigenvalue weighted by atomic mass is 9.48. The first-order valence-corrected chi connectivity index (χ1v) is 12.8. The van der Waals surface area contributed by atoms with E-state index in [-0.39, 0.29) is 39.4 Å². The summed E-state index contributed by atoms with van der Waals surface area (Å²) in [6.07, 6.45) is 8.12. The molecule has 0 unspecified atom stereocenters. The number of nitrogens with zero attached hydrogens (tertiary/aromatic N) is 1. The highest BCUT2D eigenvalue weighted by Gasteiger charge is 2.52. The zero-order chi connectivity index (χ0) is 24.0. The molecule has 3 aromatic rings. The number of rotatable bonds is 5. The van der Waals surface area contributed by atoms with E-state index in [0.717, 1.165) is 34.2 Å². The highest BCUT2D eigenvalue weighted by atomic mass is 79.9. The van der Waals surface area contributed by atoms with Crippen LogP contribution in [0.4, 0.5) is 0 Å². The van der Waals surface area contributed by atoms with Crippen LogP contribution in [0.15, 0.2) is 60.7 Å². The molecule has 0 spiro atoms. The van der Waals surface area contributed by atoms with E-state index in [4.69, 9.17) is 5.73 Å². The zero-order valence-electron chi connectivity index (χ0n) is 20.7. The summed E-state index contributed by atoms with van der Waals surface area (Å²) in [6, 6.07) is 19.0. The number of benzene rings is 2. The van der Waals surface area contributed by atoms with Crippen LogP contribution in [0.5, 0.6) is 0 Å². The standard InChI is InChI=1S/C29H32N4O2.2BrH/c30-24(13-18-6-2-1-3-7-18)27(34)32-33-28(35)26-14-23(22-8-4-5-9-25(22)31-26)29-15-19-10-20(16-29)12-21(11-19)17-29;;/h1-9,14,19-21,24H,10-13,15-17,30H2,(H,32,34)(H,33,35);2*1H/t19?,20?,21?,24-,29?;;/m0../s1. The second-order valence-corrected chi connectivity index (χ2v) is 11.0. The molecule has 4 saturated carbocycles. The summed E-state index contributed by atoms with van der Waals surface area (Å²) in [5.74, 6) is 1.56. The van der Waals surface area contributed by atoms with Gasteiger partial charge in [0.05, 0.1) is 11.6 Å². The third-order valence-corrected chi connectivity index (χ3v) is 8.49. The maximum absolute atomic E-state index is 13.1. The number of carbonyl (C=O) groups is 2. The molecule has 4 N–H and O–H groups in total. The quantitative estimate of drug-likeness (QED) is 0.339. The number of nitrogens with two attached hydrogens (primary N) is 1. The van der Waals surface area contributed by atoms with Gasteiger partial charge in [0.15, 0.2) is 0 Å². The van der Waals surface area contributed by atoms with Crippen LogP contribution in [0.25, 0.3) is 10.9 Å². The molecule has 1 heterocycles. The maximum atomic E-state index is 13.1. The molecule has 0 radical (unpaired) electrons. The lowest BCUT2D eigenvalue weighted by Gasteiger charge is -2.57. The molecule has 7 rings (SSSR count). The first-order valence-electron chi connectivity index (χ1n) is 12.8. The number of hydrazine groups is 1. The molecule has 1 aromatic heterocycles. The Morgan fingerprint density at radius 3 is 2.14 bits per heavy atom. The summed E-state index contributed by atoms with van der Waals surface area (Å²) >= 11 is 0. The largest absolute Gasteiger partial charge is 0.320 e. The van der Waals surface area contributed by atoms with E-state index in [1.807, 2.05) is 48.5 Å². The summed E-state index contributed by atoms with van der Waals surface area (Å²) in [5.41, 5.74) is 14.7. The SMILES string of the molecule is Br.Br.N[C@@H](Cc1ccccc1)C(=O)NNC(=O)c1cc(C23CC4CC(CC(C4)C2)C3)c2ccccc2n1. The molecule has 8 heteroatoms. The number of hydrogen-bond acceptors (Lipinski definition) is 4. The van der Waals surface area contributed by atoms with Crippen molar-refractivity contribution in [1.82, 2.24) is 15.8 Å². The number of aromatic nitrogens is 1. The van der Waals surface area contributed by atoms with Gasteiger partial charge in [-0.25, -0.2) is 4.98 Å². The highest BCUT2D eigenvalue weighted by molar-refractivity contribution is 8.93. The zero-order valence-corrected chi connectivity index (χ0v) is 24.1. The summed E-state index contributed by atoms with van der Waals surface area (Å²) in [5, 5.41) is 1.15. The molecule has 1 atom stereocenters. The van der Waals surface area contributed by atoms with Crippen LogP contribution in [-0.4, -0.2) is 22.8 Å². The van der Waals surface area contributed by atoms with Crippen molar-refractivity contribution in [2.24, 2.45) is 23.5 Å². The number of carbonyl (C=O) groups excluding carboxylic acids is 2. The predicted octanol–water partition coefficient (Wildman–Crippen LogP) is 5.19. The molecular formula is C29H34Br2N4O2. The molecule has 0 saturated heterocycles. The number of fused-ring (bicyclic) bond motifs is 1. The fourth-order valence-electron chi connectivity index (χ4n) is 7.41. The third-order valence-electron chi connectivity index (χ3n) is 8.49. The molecule has 2 amide bonds. The van der Waals surface area contributed by atoms with Crippen molar-refractivity contribution in [2.45, 2.75) is 56.4 Å². The molecule has 37 heavy (non-hydrogen) atoms. The topological polar surface area (TPSA) is 97.1 Å². The van der Waals surface area contributed by atoms with E-state index < -0.39 is 17.9 Å². The molecule has 2 aromatic carbocycles. The van der Waals surface area contributed by atoms with Crippen LogP contribution < -0.4 is 16.6 Å². The van der Waals surface area contributed by atoms with Gasteiger partial charge in [-0.15, -0.1) is 34.0 Å². The van der Waals surface area contributed by atoms with Crippen molar-refractivity contribution in [3.8, 4) is 0 Å². The smallest absolute Gasteiger partial charge is 0.288 e. The van der Waals surface area contributed by atoms with E-state index in [1.165, 1.54) is 44.1 Å². The first-order chi connectivity index (χ1) is 17.0. The predicted molar refractivity (Wildman–Crippen MR) is 156 cm³/mol. The van der Waals surface area contributed by atoms with Gasteiger partial charge >= 0.3 is 0 Å². The minimum atomic E-state index is -0.759. The third kappa shape index (κ3) is 5.47. The van der Waals surface area contributed by atoms with Gasteiger partial charge in [0.2, 0.25) is 0 Å². The van der Waals surface area contributed by atoms with Crippen LogP contribution in [0.3, 0.4) is 0 Å². The summed E-state index contributed by atoms with van der Waals surface area (Å²) in [4.78, 5) is 30.3. The van der Waals surface area contributed by atoms with Crippen molar-refractivity contribution in [1.29, 1.82) is 0 Å². The number of hydrogen-bond donors (Lipinski definition) is 3. The Kier molecular flexibility index (Phi) is 8.41. The van der Waals surface area contributed by atoms with Crippen molar-refractivity contribution in [3.05, 3.63) is 77.5 Å². The number of nitrogens with one attached hydrogen (secondary N) is 2. The average Bonchev–Trinajstić information content (AvgIpc) is 2.86. The summed E-state index contributed by atoms with van der Waals surface area (Å²) < 4.78 is 0. The highest BCUT2D eigenvalue weighted by Crippen LogP contribution is 2.61. The Labute approximate surface area is 238 Å². The lowest BCUT2D eigenvalue weighted by Crippen LogP contribution is -2.50. The van der Waals surface area contributed by atoms with Gasteiger partial charge in [-0.05, 0) is 91.4 Å². The summed E-state index contributed by atoms with van der Waals surface area (Å²) in [6.45, 7) is 0. The lowest BCUT2D eigenvalue weighted by molar-refractivity contribution is -0.123. The minimum Gasteiger partial charge on any atom is -0.320 e. The van der Waals surface area contributed by atoms with Gasteiger partial charge in [-0.2, -0.15) is 0 Å². The number of pyridine rings is 1. The van der Waals surface area contributed by atoms with E-state index in [2.05, 4.69) is 28.0 Å². The van der Waals surface area contributed by atoms with Crippen LogP contribution in [-0.2, 0) is 16.6 Å². The van der Waals surface area contributed by atoms with Gasteiger partial charge in [0.25, 0.3) is 11.8 Å². The van der Waals surface area contributed by atoms with E-state index >= 15 is 0 Å². The molecule has 196 valence electrons. The second-order valence-electron chi connectivity index (χ2n) is 11.0. The van der Waals surface area contributed by atoms with E-state index in [0.29, 0.717) is 12.1 Å². The van der Waals surface area contributed by atoms with Gasteiger partial charge in [-0.3, -0.25) is 20.4 Å². The molecule has 0 aliphatic heterocycles. The average molecular weight is 630 g/mol. The Morgan fingerprint density at radius 1 is 0.892 bits per heavy atom. The van der Waals surface area contributed by atoms with Crippen molar-refractivity contribution in [3.63, 3.8) is 0 Å². The van der Waals surface area contributed by atoms with Gasteiger partial charge in [-0.1, -0.05) is 48.5 Å². The molecule has 4 fully saturated rings. The Morgan fingerprint density at radius 2 is 1.49 bits per heavy atom. The van der Waals surface area contributed by atoms with Crippen LogP contribution in [0.2, 0.25) is 0 Å². The summed E-state index contributed by atoms with van der Waals surface area (Å²) in [7, 11) is 0. The monoisotopic (exact) mass is 628 g/mol. The Bertz CT molecular complexity index is 1250.